The second-order valence-corrected chi connectivity index (χ2v) is 11.6. The number of allylic oxidation sites excluding steroid dienone is 5. The molecule has 0 fully saturated rings. The summed E-state index contributed by atoms with van der Waals surface area (Å²) >= 11 is 5.92. The molecule has 0 saturated carbocycles. The number of hydrogen-bond donors (Lipinski definition) is 2. The number of carbonyl (C=O) groups is 3. The highest BCUT2D eigenvalue weighted by atomic mass is 35.5. The Morgan fingerprint density at radius 3 is 2.46 bits per heavy atom. The number of carbonyl (C=O) groups excluding carboxylic acids is 3. The third kappa shape index (κ3) is 14.4. The fourth-order valence-corrected chi connectivity index (χ4v) is 4.13. The van der Waals surface area contributed by atoms with Gasteiger partial charge in [0, 0.05) is 30.1 Å². The van der Waals surface area contributed by atoms with Crippen molar-refractivity contribution in [1.82, 2.24) is 10.6 Å². The van der Waals surface area contributed by atoms with Crippen LogP contribution in [0, 0.1) is 11.3 Å². The molecule has 0 radical (unpaired) electrons. The summed E-state index contributed by atoms with van der Waals surface area (Å²) in [5.41, 5.74) is 0.449. The third-order valence-corrected chi connectivity index (χ3v) is 6.42. The van der Waals surface area contributed by atoms with Crippen LogP contribution in [0.1, 0.15) is 67.7 Å². The van der Waals surface area contributed by atoms with E-state index in [1.165, 1.54) is 13.2 Å². The minimum absolute atomic E-state index is 0.00220. The van der Waals surface area contributed by atoms with Gasteiger partial charge in [0.1, 0.15) is 12.1 Å². The van der Waals surface area contributed by atoms with Gasteiger partial charge in [0.15, 0.2) is 5.76 Å². The molecule has 4 atom stereocenters. The Morgan fingerprint density at radius 1 is 1.20 bits per heavy atom. The Kier molecular flexibility index (Phi) is 16.1. The van der Waals surface area contributed by atoms with E-state index in [-0.39, 0.29) is 35.7 Å². The summed E-state index contributed by atoms with van der Waals surface area (Å²) in [5.74, 6) is -0.900. The summed E-state index contributed by atoms with van der Waals surface area (Å²) in [7, 11) is 1.44. The van der Waals surface area contributed by atoms with E-state index >= 15 is 0 Å². The minimum atomic E-state index is -0.744. The van der Waals surface area contributed by atoms with Crippen molar-refractivity contribution in [3.63, 3.8) is 0 Å². The molecule has 0 aromatic carbocycles. The highest BCUT2D eigenvalue weighted by Gasteiger charge is 2.32. The number of rotatable bonds is 15. The van der Waals surface area contributed by atoms with Crippen molar-refractivity contribution < 1.29 is 28.6 Å². The molecule has 1 aliphatic rings. The molecule has 1 rings (SSSR count). The lowest BCUT2D eigenvalue weighted by Gasteiger charge is -2.29. The molecule has 9 heteroatoms. The van der Waals surface area contributed by atoms with E-state index in [9.17, 15) is 14.4 Å². The van der Waals surface area contributed by atoms with Crippen LogP contribution in [0.4, 0.5) is 0 Å². The lowest BCUT2D eigenvalue weighted by atomic mass is 9.86. The maximum atomic E-state index is 12.9. The normalized spacial score (nSPS) is 19.2. The number of hydrogen-bond acceptors (Lipinski definition) is 6. The van der Waals surface area contributed by atoms with Crippen molar-refractivity contribution in [2.24, 2.45) is 11.3 Å². The number of ether oxygens (including phenoxy) is 3. The number of halogens is 1. The molecule has 2 amide bonds. The van der Waals surface area contributed by atoms with Crippen LogP contribution in [0.5, 0.6) is 0 Å². The first kappa shape index (κ1) is 35.9. The van der Waals surface area contributed by atoms with Crippen LogP contribution in [-0.4, -0.2) is 49.8 Å². The van der Waals surface area contributed by atoms with E-state index in [0.717, 1.165) is 5.57 Å². The van der Waals surface area contributed by atoms with Gasteiger partial charge in [-0.1, -0.05) is 81.3 Å². The van der Waals surface area contributed by atoms with Gasteiger partial charge in [0.25, 0.3) is 0 Å². The Hall–Kier alpha value is -3.10. The van der Waals surface area contributed by atoms with Gasteiger partial charge in [-0.15, -0.1) is 0 Å². The zero-order valence-electron chi connectivity index (χ0n) is 25.7. The smallest absolute Gasteiger partial charge is 0.373 e. The molecule has 0 spiro atoms. The van der Waals surface area contributed by atoms with E-state index in [2.05, 4.69) is 10.6 Å². The average molecular weight is 591 g/mol. The second-order valence-electron chi connectivity index (χ2n) is 11.0. The number of methoxy groups -OCH3 is 1. The molecule has 8 nitrogen and oxygen atoms in total. The van der Waals surface area contributed by atoms with Crippen molar-refractivity contribution in [2.75, 3.05) is 13.7 Å². The number of esters is 1. The summed E-state index contributed by atoms with van der Waals surface area (Å²) < 4.78 is 16.1. The van der Waals surface area contributed by atoms with Gasteiger partial charge in [-0.05, 0) is 51.3 Å². The van der Waals surface area contributed by atoms with Crippen LogP contribution >= 0.6 is 11.6 Å². The zero-order chi connectivity index (χ0) is 31.0. The molecule has 228 valence electrons. The number of cyclic esters (lactones) is 1. The predicted molar refractivity (Wildman–Crippen MR) is 164 cm³/mol. The monoisotopic (exact) mass is 590 g/mol. The van der Waals surface area contributed by atoms with Crippen LogP contribution in [-0.2, 0) is 28.6 Å². The molecule has 1 heterocycles. The fourth-order valence-electron chi connectivity index (χ4n) is 4.04. The van der Waals surface area contributed by atoms with Crippen LogP contribution < -0.4 is 10.6 Å². The van der Waals surface area contributed by atoms with Crippen LogP contribution in [0.25, 0.3) is 0 Å². The molecule has 0 bridgehead atoms. The summed E-state index contributed by atoms with van der Waals surface area (Å²) in [6.07, 6.45) is 17.3. The van der Waals surface area contributed by atoms with Crippen LogP contribution in [0.2, 0.25) is 0 Å². The van der Waals surface area contributed by atoms with Gasteiger partial charge in [-0.3, -0.25) is 9.59 Å². The molecule has 0 aromatic heterocycles. The van der Waals surface area contributed by atoms with Gasteiger partial charge < -0.3 is 24.8 Å². The van der Waals surface area contributed by atoms with E-state index in [1.54, 1.807) is 24.4 Å². The van der Waals surface area contributed by atoms with Gasteiger partial charge in [-0.25, -0.2) is 4.79 Å². The van der Waals surface area contributed by atoms with Crippen molar-refractivity contribution >= 4 is 29.4 Å². The summed E-state index contributed by atoms with van der Waals surface area (Å²) in [6, 6.07) is -0.744. The molecule has 2 N–H and O–H groups in total. The molecule has 1 aliphatic heterocycles. The Morgan fingerprint density at radius 2 is 1.88 bits per heavy atom. The standard InChI is InChI=1S/C32H47ClN2O6/c1-9-40-25(17-16-24(4)33)14-12-20-34-30(37)29(32(5,6)7)35-28(36)15-11-10-13-22(2)21-23(3)26-18-19-27(39-8)31(38)41-26/h10-13,15-16,19-21,23,25-26,29H,9,14,17-18H2,1-8H3,(H,34,37)(H,35,36)/b13-10-,15-11-,20-12-,22-21+,24-16+/t23-,25+,26-,29?/m0/s1. The summed E-state index contributed by atoms with van der Waals surface area (Å²) in [4.78, 5) is 37.4. The maximum absolute atomic E-state index is 12.9. The van der Waals surface area contributed by atoms with Gasteiger partial charge in [0.05, 0.1) is 13.2 Å². The number of amides is 2. The fraction of sp³-hybridized carbons (Fsp3) is 0.531. The van der Waals surface area contributed by atoms with Crippen molar-refractivity contribution in [1.29, 1.82) is 0 Å². The largest absolute Gasteiger partial charge is 0.490 e. The lowest BCUT2D eigenvalue weighted by molar-refractivity contribution is -0.151. The first-order valence-corrected chi connectivity index (χ1v) is 14.3. The maximum Gasteiger partial charge on any atom is 0.373 e. The third-order valence-electron chi connectivity index (χ3n) is 6.27. The SMILES string of the molecule is CCO[C@H](C/C=C\NC(=O)C(NC(=O)\C=C/C=C\C(C)=C\[C@H](C)[C@@H]1CC=C(OC)C(=O)O1)C(C)(C)C)C/C=C(\C)Cl. The van der Waals surface area contributed by atoms with Gasteiger partial charge in [0.2, 0.25) is 11.8 Å². The Bertz CT molecular complexity index is 1060. The summed E-state index contributed by atoms with van der Waals surface area (Å²) in [5, 5.41) is 6.29. The van der Waals surface area contributed by atoms with Crippen LogP contribution in [0.15, 0.2) is 71.2 Å². The lowest BCUT2D eigenvalue weighted by Crippen LogP contribution is -2.52. The number of nitrogens with one attached hydrogen (secondary N) is 2. The first-order valence-electron chi connectivity index (χ1n) is 14.0. The van der Waals surface area contributed by atoms with Crippen molar-refractivity contribution in [3.05, 3.63) is 71.2 Å². The Balaban J connectivity index is 2.68. The highest BCUT2D eigenvalue weighted by molar-refractivity contribution is 6.29. The summed E-state index contributed by atoms with van der Waals surface area (Å²) in [6.45, 7) is 13.9. The molecular formula is C32H47ClN2O6. The van der Waals surface area contributed by atoms with Crippen molar-refractivity contribution in [3.8, 4) is 0 Å². The molecule has 0 aromatic rings. The molecule has 1 unspecified atom stereocenters. The molecule has 0 saturated heterocycles. The molecular weight excluding hydrogens is 544 g/mol. The molecule has 41 heavy (non-hydrogen) atoms. The van der Waals surface area contributed by atoms with Crippen molar-refractivity contribution in [2.45, 2.75) is 86.0 Å². The quantitative estimate of drug-likeness (QED) is 0.137. The minimum Gasteiger partial charge on any atom is -0.490 e. The van der Waals surface area contributed by atoms with Gasteiger partial charge >= 0.3 is 5.97 Å². The van der Waals surface area contributed by atoms with E-state index in [4.69, 9.17) is 25.8 Å². The first-order chi connectivity index (χ1) is 19.3. The van der Waals surface area contributed by atoms with E-state index < -0.39 is 17.4 Å². The molecule has 0 aliphatic carbocycles. The predicted octanol–water partition coefficient (Wildman–Crippen LogP) is 6.02. The van der Waals surface area contributed by atoms with Crippen LogP contribution in [0.3, 0.4) is 0 Å². The van der Waals surface area contributed by atoms with Gasteiger partial charge in [-0.2, -0.15) is 0 Å². The highest BCUT2D eigenvalue weighted by Crippen LogP contribution is 2.23. The van der Waals surface area contributed by atoms with E-state index in [0.29, 0.717) is 30.9 Å². The average Bonchev–Trinajstić information content (AvgIpc) is 2.89. The van der Waals surface area contributed by atoms with E-state index in [1.807, 2.05) is 72.8 Å². The zero-order valence-corrected chi connectivity index (χ0v) is 26.4. The second kappa shape index (κ2) is 18.4. The Labute approximate surface area is 250 Å². The topological polar surface area (TPSA) is 103 Å².